The lowest BCUT2D eigenvalue weighted by atomic mass is 9.90. The van der Waals surface area contributed by atoms with Gasteiger partial charge in [-0.3, -0.25) is 0 Å². The molecule has 0 bridgehead atoms. The van der Waals surface area contributed by atoms with Crippen LogP contribution in [0.3, 0.4) is 0 Å². The third-order valence-corrected chi connectivity index (χ3v) is 5.40. The Bertz CT molecular complexity index is 784. The number of aliphatic hydroxyl groups is 1. The molecule has 0 saturated carbocycles. The minimum atomic E-state index is -0.904. The van der Waals surface area contributed by atoms with Crippen molar-refractivity contribution in [1.82, 2.24) is 0 Å². The molecule has 0 fully saturated rings. The quantitative estimate of drug-likeness (QED) is 0.730. The van der Waals surface area contributed by atoms with Gasteiger partial charge in [-0.2, -0.15) is 0 Å². The van der Waals surface area contributed by atoms with Gasteiger partial charge >= 0.3 is 0 Å². The molecule has 2 aromatic carbocycles. The van der Waals surface area contributed by atoms with Crippen LogP contribution in [0.5, 0.6) is 17.2 Å². The summed E-state index contributed by atoms with van der Waals surface area (Å²) in [7, 11) is 3.19. The molecule has 2 rings (SSSR count). The van der Waals surface area contributed by atoms with Gasteiger partial charge in [0.2, 0.25) is 0 Å². The molecule has 4 nitrogen and oxygen atoms in total. The first-order valence-electron chi connectivity index (χ1n) is 8.15. The molecule has 0 aliphatic carbocycles. The van der Waals surface area contributed by atoms with Crippen molar-refractivity contribution < 1.29 is 19.7 Å². The van der Waals surface area contributed by atoms with Crippen molar-refractivity contribution in [2.24, 2.45) is 0 Å². The van der Waals surface area contributed by atoms with Crippen molar-refractivity contribution in [3.63, 3.8) is 0 Å². The van der Waals surface area contributed by atoms with Gasteiger partial charge in [0.05, 0.1) is 14.2 Å². The fourth-order valence-corrected chi connectivity index (χ4v) is 4.13. The highest BCUT2D eigenvalue weighted by molar-refractivity contribution is 9.10. The van der Waals surface area contributed by atoms with Crippen LogP contribution in [0.25, 0.3) is 0 Å². The maximum absolute atomic E-state index is 11.1. The van der Waals surface area contributed by atoms with E-state index >= 15 is 0 Å². The van der Waals surface area contributed by atoms with Gasteiger partial charge < -0.3 is 19.7 Å². The summed E-state index contributed by atoms with van der Waals surface area (Å²) in [6, 6.07) is 5.23. The molecule has 25 heavy (non-hydrogen) atoms. The van der Waals surface area contributed by atoms with Crippen molar-refractivity contribution in [3.8, 4) is 17.2 Å². The number of halogens is 1. The second kappa shape index (κ2) is 7.67. The summed E-state index contributed by atoms with van der Waals surface area (Å²) >= 11 is 3.64. The predicted octanol–water partition coefficient (Wildman–Crippen LogP) is 4.99. The molecule has 0 aliphatic rings. The number of methoxy groups -OCH3 is 2. The zero-order chi connectivity index (χ0) is 18.9. The van der Waals surface area contributed by atoms with Gasteiger partial charge in [0, 0.05) is 15.6 Å². The van der Waals surface area contributed by atoms with Gasteiger partial charge in [-0.15, -0.1) is 0 Å². The SMILES string of the molecule is COc1cc(C(O)c2c(C)ccc(O)c2C)c(Br)c(C(C)C)c1OC. The highest BCUT2D eigenvalue weighted by atomic mass is 79.9. The summed E-state index contributed by atoms with van der Waals surface area (Å²) in [6.45, 7) is 7.84. The lowest BCUT2D eigenvalue weighted by Crippen LogP contribution is -2.09. The zero-order valence-electron chi connectivity index (χ0n) is 15.5. The number of aryl methyl sites for hydroxylation is 1. The molecule has 0 radical (unpaired) electrons. The van der Waals surface area contributed by atoms with Crippen LogP contribution in [-0.4, -0.2) is 24.4 Å². The maximum Gasteiger partial charge on any atom is 0.165 e. The molecule has 136 valence electrons. The number of benzene rings is 2. The van der Waals surface area contributed by atoms with Crippen molar-refractivity contribution in [1.29, 1.82) is 0 Å². The molecule has 2 N–H and O–H groups in total. The summed E-state index contributed by atoms with van der Waals surface area (Å²) in [5, 5.41) is 21.2. The Kier molecular flexibility index (Phi) is 6.01. The average Bonchev–Trinajstić information content (AvgIpc) is 2.57. The first-order valence-corrected chi connectivity index (χ1v) is 8.95. The van der Waals surface area contributed by atoms with E-state index in [4.69, 9.17) is 9.47 Å². The normalized spacial score (nSPS) is 12.4. The van der Waals surface area contributed by atoms with Crippen molar-refractivity contribution in [3.05, 3.63) is 50.5 Å². The largest absolute Gasteiger partial charge is 0.508 e. The number of phenols is 1. The van der Waals surface area contributed by atoms with Crippen LogP contribution in [-0.2, 0) is 0 Å². The molecule has 1 unspecified atom stereocenters. The third kappa shape index (κ3) is 3.48. The van der Waals surface area contributed by atoms with E-state index in [0.717, 1.165) is 15.6 Å². The first kappa shape index (κ1) is 19.6. The van der Waals surface area contributed by atoms with Gasteiger partial charge in [-0.1, -0.05) is 19.9 Å². The number of hydrogen-bond donors (Lipinski definition) is 2. The Morgan fingerprint density at radius 1 is 1.04 bits per heavy atom. The topological polar surface area (TPSA) is 58.9 Å². The predicted molar refractivity (Wildman–Crippen MR) is 103 cm³/mol. The maximum atomic E-state index is 11.1. The summed E-state index contributed by atoms with van der Waals surface area (Å²) in [6.07, 6.45) is -0.904. The summed E-state index contributed by atoms with van der Waals surface area (Å²) in [4.78, 5) is 0. The van der Waals surface area contributed by atoms with E-state index in [1.165, 1.54) is 0 Å². The molecule has 0 amide bonds. The molecule has 0 heterocycles. The van der Waals surface area contributed by atoms with E-state index in [-0.39, 0.29) is 11.7 Å². The number of hydrogen-bond acceptors (Lipinski definition) is 4. The van der Waals surface area contributed by atoms with E-state index in [9.17, 15) is 10.2 Å². The van der Waals surface area contributed by atoms with E-state index in [1.54, 1.807) is 39.3 Å². The van der Waals surface area contributed by atoms with E-state index in [2.05, 4.69) is 29.8 Å². The Labute approximate surface area is 157 Å². The van der Waals surface area contributed by atoms with Crippen molar-refractivity contribution in [2.45, 2.75) is 39.7 Å². The minimum absolute atomic E-state index is 0.164. The molecule has 5 heteroatoms. The van der Waals surface area contributed by atoms with Crippen LogP contribution in [0.1, 0.15) is 53.7 Å². The molecule has 0 spiro atoms. The third-order valence-electron chi connectivity index (χ3n) is 4.52. The molecule has 0 aliphatic heterocycles. The number of phenolic OH excluding ortho intramolecular Hbond substituents is 1. The molecule has 2 aromatic rings. The fraction of sp³-hybridized carbons (Fsp3) is 0.400. The first-order chi connectivity index (χ1) is 11.7. The number of rotatable bonds is 5. The summed E-state index contributed by atoms with van der Waals surface area (Å²) < 4.78 is 11.8. The summed E-state index contributed by atoms with van der Waals surface area (Å²) in [5.41, 5.74) is 3.89. The number of ether oxygens (including phenoxy) is 2. The van der Waals surface area contributed by atoms with Crippen molar-refractivity contribution in [2.75, 3.05) is 14.2 Å². The second-order valence-corrected chi connectivity index (χ2v) is 7.22. The van der Waals surface area contributed by atoms with E-state index in [0.29, 0.717) is 28.2 Å². The number of aliphatic hydroxyl groups excluding tert-OH is 1. The molecule has 0 saturated heterocycles. The Hall–Kier alpha value is -1.72. The van der Waals surface area contributed by atoms with Gasteiger partial charge in [0.15, 0.2) is 11.5 Å². The Morgan fingerprint density at radius 3 is 2.20 bits per heavy atom. The average molecular weight is 409 g/mol. The van der Waals surface area contributed by atoms with Crippen LogP contribution in [0, 0.1) is 13.8 Å². The lowest BCUT2D eigenvalue weighted by molar-refractivity contribution is 0.216. The smallest absolute Gasteiger partial charge is 0.165 e. The standard InChI is InChI=1S/C20H25BrO4/c1-10(2)16-18(21)13(9-15(24-5)20(16)25-6)19(23)17-11(3)7-8-14(22)12(17)4/h7-10,19,22-23H,1-6H3. The van der Waals surface area contributed by atoms with Crippen LogP contribution in [0.2, 0.25) is 0 Å². The van der Waals surface area contributed by atoms with Crippen LogP contribution in [0.15, 0.2) is 22.7 Å². The highest BCUT2D eigenvalue weighted by Gasteiger charge is 2.26. The van der Waals surface area contributed by atoms with Crippen LogP contribution >= 0.6 is 15.9 Å². The fourth-order valence-electron chi connectivity index (χ4n) is 3.16. The Balaban J connectivity index is 2.75. The van der Waals surface area contributed by atoms with Crippen LogP contribution in [0.4, 0.5) is 0 Å². The highest BCUT2D eigenvalue weighted by Crippen LogP contribution is 2.46. The summed E-state index contributed by atoms with van der Waals surface area (Å²) in [5.74, 6) is 1.56. The van der Waals surface area contributed by atoms with Gasteiger partial charge in [-0.05, 0) is 64.5 Å². The van der Waals surface area contributed by atoms with Crippen molar-refractivity contribution >= 4 is 15.9 Å². The molecular weight excluding hydrogens is 384 g/mol. The molecular formula is C20H25BrO4. The van der Waals surface area contributed by atoms with Crippen LogP contribution < -0.4 is 9.47 Å². The minimum Gasteiger partial charge on any atom is -0.508 e. The van der Waals surface area contributed by atoms with Gasteiger partial charge in [0.1, 0.15) is 11.9 Å². The monoisotopic (exact) mass is 408 g/mol. The molecule has 0 aromatic heterocycles. The van der Waals surface area contributed by atoms with Gasteiger partial charge in [-0.25, -0.2) is 0 Å². The lowest BCUT2D eigenvalue weighted by Gasteiger charge is -2.24. The van der Waals surface area contributed by atoms with Gasteiger partial charge in [0.25, 0.3) is 0 Å². The zero-order valence-corrected chi connectivity index (χ0v) is 17.1. The molecule has 1 atom stereocenters. The van der Waals surface area contributed by atoms with E-state index < -0.39 is 6.10 Å². The van der Waals surface area contributed by atoms with E-state index in [1.807, 2.05) is 6.92 Å². The number of aromatic hydroxyl groups is 1. The second-order valence-electron chi connectivity index (χ2n) is 6.43. The Morgan fingerprint density at radius 2 is 1.68 bits per heavy atom.